The topological polar surface area (TPSA) is 12.0 Å². The Hall–Kier alpha value is 0.600. The van der Waals surface area contributed by atoms with E-state index in [9.17, 15) is 0 Å². The van der Waals surface area contributed by atoms with Crippen molar-refractivity contribution in [2.75, 3.05) is 30.5 Å². The van der Waals surface area contributed by atoms with Gasteiger partial charge >= 0.3 is 0 Å². The van der Waals surface area contributed by atoms with Gasteiger partial charge in [-0.25, -0.2) is 0 Å². The molecule has 0 aliphatic rings. The molecule has 1 unspecified atom stereocenters. The van der Waals surface area contributed by atoms with E-state index in [1.54, 1.807) is 0 Å². The Balaban J connectivity index is 2.97. The van der Waals surface area contributed by atoms with Crippen LogP contribution in [-0.4, -0.2) is 30.5 Å². The van der Waals surface area contributed by atoms with Crippen LogP contribution < -0.4 is 5.32 Å². The molecule has 0 aromatic carbocycles. The number of thioether (sulfide) groups is 1. The fourth-order valence-corrected chi connectivity index (χ4v) is 2.09. The maximum absolute atomic E-state index is 5.65. The lowest BCUT2D eigenvalue weighted by Crippen LogP contribution is -2.22. The number of alkyl halides is 1. The summed E-state index contributed by atoms with van der Waals surface area (Å²) in [5.74, 6) is 4.03. The van der Waals surface area contributed by atoms with Gasteiger partial charge < -0.3 is 5.32 Å². The molecule has 0 aliphatic carbocycles. The lowest BCUT2D eigenvalue weighted by molar-refractivity contribution is 0.503. The molecule has 0 saturated carbocycles. The molecule has 13 heavy (non-hydrogen) atoms. The Morgan fingerprint density at radius 1 is 1.46 bits per heavy atom. The minimum Gasteiger partial charge on any atom is -0.316 e. The number of halogens is 1. The molecule has 0 fully saturated rings. The molecule has 0 rings (SSSR count). The number of nitrogens with one attached hydrogen (secondary N) is 1. The maximum Gasteiger partial charge on any atom is 0.0226 e. The van der Waals surface area contributed by atoms with Crippen LogP contribution in [0.1, 0.15) is 26.7 Å². The second-order valence-electron chi connectivity index (χ2n) is 3.34. The van der Waals surface area contributed by atoms with Crippen LogP contribution >= 0.6 is 23.4 Å². The lowest BCUT2D eigenvalue weighted by atomic mass is 10.1. The highest BCUT2D eigenvalue weighted by Gasteiger charge is 1.99. The smallest absolute Gasteiger partial charge is 0.0226 e. The van der Waals surface area contributed by atoms with Crippen molar-refractivity contribution in [2.45, 2.75) is 26.7 Å². The van der Waals surface area contributed by atoms with Crippen LogP contribution in [0.5, 0.6) is 0 Å². The molecule has 0 heterocycles. The monoisotopic (exact) mass is 223 g/mol. The van der Waals surface area contributed by atoms with Crippen molar-refractivity contribution in [3.63, 3.8) is 0 Å². The first-order chi connectivity index (χ1) is 6.31. The summed E-state index contributed by atoms with van der Waals surface area (Å²) in [5.41, 5.74) is 0. The molecule has 1 N–H and O–H groups in total. The molecule has 0 bridgehead atoms. The van der Waals surface area contributed by atoms with Gasteiger partial charge in [-0.15, -0.1) is 11.6 Å². The Bertz CT molecular complexity index is 101. The quantitative estimate of drug-likeness (QED) is 0.477. The van der Waals surface area contributed by atoms with Gasteiger partial charge in [-0.2, -0.15) is 11.8 Å². The molecule has 0 aromatic heterocycles. The van der Waals surface area contributed by atoms with Crippen LogP contribution in [0.4, 0.5) is 0 Å². The first-order valence-corrected chi connectivity index (χ1v) is 6.84. The molecule has 0 saturated heterocycles. The third-order valence-corrected chi connectivity index (χ3v) is 3.14. The predicted octanol–water partition coefficient (Wildman–Crippen LogP) is 2.98. The Labute approximate surface area is 92.0 Å². The van der Waals surface area contributed by atoms with Crippen molar-refractivity contribution in [1.29, 1.82) is 0 Å². The van der Waals surface area contributed by atoms with Crippen LogP contribution in [0.15, 0.2) is 0 Å². The second kappa shape index (κ2) is 10.7. The minimum absolute atomic E-state index is 0.719. The summed E-state index contributed by atoms with van der Waals surface area (Å²) < 4.78 is 0. The zero-order valence-corrected chi connectivity index (χ0v) is 10.4. The van der Waals surface area contributed by atoms with Crippen molar-refractivity contribution in [1.82, 2.24) is 5.32 Å². The summed E-state index contributed by atoms with van der Waals surface area (Å²) in [5, 5.41) is 3.46. The predicted molar refractivity (Wildman–Crippen MR) is 65.0 cm³/mol. The van der Waals surface area contributed by atoms with Crippen LogP contribution in [0.2, 0.25) is 0 Å². The van der Waals surface area contributed by atoms with Crippen molar-refractivity contribution in [3.8, 4) is 0 Å². The van der Waals surface area contributed by atoms with E-state index in [0.717, 1.165) is 31.3 Å². The van der Waals surface area contributed by atoms with Crippen LogP contribution in [0.3, 0.4) is 0 Å². The van der Waals surface area contributed by atoms with Gasteiger partial charge in [0.2, 0.25) is 0 Å². The summed E-state index contributed by atoms with van der Waals surface area (Å²) in [6.07, 6.45) is 2.41. The second-order valence-corrected chi connectivity index (χ2v) is 5.11. The van der Waals surface area contributed by atoms with Gasteiger partial charge in [-0.05, 0) is 43.4 Å². The normalized spacial score (nSPS) is 13.2. The Morgan fingerprint density at radius 2 is 2.23 bits per heavy atom. The highest BCUT2D eigenvalue weighted by atomic mass is 35.5. The highest BCUT2D eigenvalue weighted by Crippen LogP contribution is 2.02. The number of rotatable bonds is 9. The van der Waals surface area contributed by atoms with Crippen LogP contribution in [0, 0.1) is 5.92 Å². The number of hydrogen-bond donors (Lipinski definition) is 1. The SMILES string of the molecule is CCSCCCNCC(C)CCCl. The summed E-state index contributed by atoms with van der Waals surface area (Å²) in [6.45, 7) is 6.72. The summed E-state index contributed by atoms with van der Waals surface area (Å²) >= 11 is 7.66. The molecule has 0 amide bonds. The molecule has 0 aromatic rings. The van der Waals surface area contributed by atoms with Gasteiger partial charge in [-0.1, -0.05) is 13.8 Å². The van der Waals surface area contributed by atoms with Gasteiger partial charge in [0.15, 0.2) is 0 Å². The van der Waals surface area contributed by atoms with Crippen LogP contribution in [0.25, 0.3) is 0 Å². The fourth-order valence-electron chi connectivity index (χ4n) is 1.08. The average Bonchev–Trinajstić information content (AvgIpc) is 2.11. The molecule has 0 radical (unpaired) electrons. The van der Waals surface area contributed by atoms with Gasteiger partial charge in [0.05, 0.1) is 0 Å². The molecule has 1 nitrogen and oxygen atoms in total. The molecule has 0 spiro atoms. The zero-order valence-electron chi connectivity index (χ0n) is 8.81. The van der Waals surface area contributed by atoms with Gasteiger partial charge in [-0.3, -0.25) is 0 Å². The number of hydrogen-bond acceptors (Lipinski definition) is 2. The summed E-state index contributed by atoms with van der Waals surface area (Å²) in [7, 11) is 0. The third-order valence-electron chi connectivity index (χ3n) is 1.94. The van der Waals surface area contributed by atoms with E-state index in [2.05, 4.69) is 19.2 Å². The van der Waals surface area contributed by atoms with Gasteiger partial charge in [0.25, 0.3) is 0 Å². The van der Waals surface area contributed by atoms with Gasteiger partial charge in [0.1, 0.15) is 0 Å². The molecule has 1 atom stereocenters. The zero-order chi connectivity index (χ0) is 9.94. The Morgan fingerprint density at radius 3 is 2.85 bits per heavy atom. The highest BCUT2D eigenvalue weighted by molar-refractivity contribution is 7.99. The van der Waals surface area contributed by atoms with Crippen molar-refractivity contribution in [2.24, 2.45) is 5.92 Å². The van der Waals surface area contributed by atoms with E-state index < -0.39 is 0 Å². The average molecular weight is 224 g/mol. The third kappa shape index (κ3) is 10.5. The molecular weight excluding hydrogens is 202 g/mol. The first kappa shape index (κ1) is 13.6. The van der Waals surface area contributed by atoms with Crippen molar-refractivity contribution in [3.05, 3.63) is 0 Å². The first-order valence-electron chi connectivity index (χ1n) is 5.15. The Kier molecular flexibility index (Phi) is 11.2. The van der Waals surface area contributed by atoms with E-state index in [-0.39, 0.29) is 0 Å². The van der Waals surface area contributed by atoms with Crippen molar-refractivity contribution < 1.29 is 0 Å². The molecule has 3 heteroatoms. The largest absolute Gasteiger partial charge is 0.316 e. The van der Waals surface area contributed by atoms with E-state index in [4.69, 9.17) is 11.6 Å². The standard InChI is InChI=1S/C10H22ClNS/c1-3-13-8-4-7-12-9-10(2)5-6-11/h10,12H,3-9H2,1-2H3. The van der Waals surface area contributed by atoms with Gasteiger partial charge in [0, 0.05) is 5.88 Å². The van der Waals surface area contributed by atoms with Crippen molar-refractivity contribution >= 4 is 23.4 Å². The van der Waals surface area contributed by atoms with E-state index in [0.29, 0.717) is 0 Å². The molecule has 0 aliphatic heterocycles. The van der Waals surface area contributed by atoms with Crippen LogP contribution in [-0.2, 0) is 0 Å². The minimum atomic E-state index is 0.719. The fraction of sp³-hybridized carbons (Fsp3) is 1.00. The molecule has 80 valence electrons. The molecular formula is C10H22ClNS. The maximum atomic E-state index is 5.65. The summed E-state index contributed by atoms with van der Waals surface area (Å²) in [4.78, 5) is 0. The lowest BCUT2D eigenvalue weighted by Gasteiger charge is -2.10. The van der Waals surface area contributed by atoms with E-state index in [1.807, 2.05) is 11.8 Å². The summed E-state index contributed by atoms with van der Waals surface area (Å²) in [6, 6.07) is 0. The van der Waals surface area contributed by atoms with E-state index in [1.165, 1.54) is 17.9 Å². The van der Waals surface area contributed by atoms with E-state index >= 15 is 0 Å².